The molecule has 1 fully saturated rings. The zero-order valence-electron chi connectivity index (χ0n) is 13.3. The molecule has 2 unspecified atom stereocenters. The van der Waals surface area contributed by atoms with Gasteiger partial charge in [0, 0.05) is 0 Å². The summed E-state index contributed by atoms with van der Waals surface area (Å²) in [6, 6.07) is 6.56. The van der Waals surface area contributed by atoms with Crippen LogP contribution < -0.4 is 8.64 Å². The van der Waals surface area contributed by atoms with Crippen LogP contribution in [-0.4, -0.2) is 37.8 Å². The Balaban J connectivity index is 1.65. The average Bonchev–Trinajstić information content (AvgIpc) is 3.06. The molecule has 0 spiro atoms. The van der Waals surface area contributed by atoms with E-state index < -0.39 is 21.4 Å². The number of hydrogen-bond donors (Lipinski definition) is 1. The summed E-state index contributed by atoms with van der Waals surface area (Å²) in [6.45, 7) is 4.27. The SMILES string of the molecule is CC(C)=CCC[C]1=Cc2c3ccc[c]2[In]1[CH]3C1SC(=O)NC1=O. The topological polar surface area (TPSA) is 46.2 Å². The van der Waals surface area contributed by atoms with Gasteiger partial charge in [-0.05, 0) is 0 Å². The summed E-state index contributed by atoms with van der Waals surface area (Å²) in [5.41, 5.74) is 4.08. The number of thioether (sulfide) groups is 1. The van der Waals surface area contributed by atoms with E-state index in [9.17, 15) is 9.59 Å². The van der Waals surface area contributed by atoms with E-state index in [1.165, 1.54) is 28.5 Å². The van der Waals surface area contributed by atoms with Crippen LogP contribution in [0, 0.1) is 0 Å². The van der Waals surface area contributed by atoms with Gasteiger partial charge >= 0.3 is 149 Å². The third kappa shape index (κ3) is 2.52. The monoisotopic (exact) mass is 427 g/mol. The average molecular weight is 427 g/mol. The van der Waals surface area contributed by atoms with Crippen molar-refractivity contribution in [3.63, 3.8) is 0 Å². The molecule has 2 amide bonds. The Morgan fingerprint density at radius 3 is 2.83 bits per heavy atom. The van der Waals surface area contributed by atoms with Gasteiger partial charge in [0.15, 0.2) is 0 Å². The van der Waals surface area contributed by atoms with Gasteiger partial charge in [-0.1, -0.05) is 0 Å². The van der Waals surface area contributed by atoms with Gasteiger partial charge in [0.25, 0.3) is 0 Å². The van der Waals surface area contributed by atoms with Crippen molar-refractivity contribution >= 4 is 53.7 Å². The Labute approximate surface area is 148 Å². The number of carbonyl (C=O) groups excluding carboxylic acids is 2. The molecule has 1 aromatic carbocycles. The Hall–Kier alpha value is -0.940. The Morgan fingerprint density at radius 2 is 2.17 bits per heavy atom. The van der Waals surface area contributed by atoms with Gasteiger partial charge in [0.1, 0.15) is 0 Å². The second-order valence-electron chi connectivity index (χ2n) is 6.71. The fraction of sp³-hybridized carbons (Fsp3) is 0.333. The van der Waals surface area contributed by atoms with E-state index in [0.29, 0.717) is 3.67 Å². The van der Waals surface area contributed by atoms with Gasteiger partial charge < -0.3 is 0 Å². The zero-order valence-corrected chi connectivity index (χ0v) is 17.4. The minimum absolute atomic E-state index is 0.0781. The van der Waals surface area contributed by atoms with Crippen molar-refractivity contribution in [1.82, 2.24) is 5.32 Å². The molecule has 0 radical (unpaired) electrons. The summed E-state index contributed by atoms with van der Waals surface area (Å²) in [4.78, 5) is 23.9. The minimum atomic E-state index is -2.23. The second-order valence-corrected chi connectivity index (χ2v) is 16.5. The molecule has 0 aromatic heterocycles. The number of carbonyl (C=O) groups is 2. The summed E-state index contributed by atoms with van der Waals surface area (Å²) >= 11 is -1.03. The van der Waals surface area contributed by atoms with Gasteiger partial charge in [-0.2, -0.15) is 0 Å². The van der Waals surface area contributed by atoms with Gasteiger partial charge in [-0.15, -0.1) is 0 Å². The quantitative estimate of drug-likeness (QED) is 0.752. The van der Waals surface area contributed by atoms with E-state index in [4.69, 9.17) is 0 Å². The van der Waals surface area contributed by atoms with Crippen LogP contribution in [0.3, 0.4) is 0 Å². The Bertz CT molecular complexity index is 779. The number of amides is 2. The fourth-order valence-corrected chi connectivity index (χ4v) is 18.5. The molecule has 4 bridgehead atoms. The van der Waals surface area contributed by atoms with Crippen molar-refractivity contribution in [3.05, 3.63) is 44.3 Å². The molecule has 3 nitrogen and oxygen atoms in total. The molecule has 3 heterocycles. The number of nitrogens with one attached hydrogen (secondary N) is 1. The summed E-state index contributed by atoms with van der Waals surface area (Å²) in [5.74, 6) is -0.0781. The molecular weight excluding hydrogens is 409 g/mol. The van der Waals surface area contributed by atoms with Crippen LogP contribution in [0.1, 0.15) is 41.5 Å². The van der Waals surface area contributed by atoms with Gasteiger partial charge in [-0.25, -0.2) is 0 Å². The summed E-state index contributed by atoms with van der Waals surface area (Å²) in [5, 5.41) is 2.10. The van der Waals surface area contributed by atoms with Gasteiger partial charge in [-0.3, -0.25) is 0 Å². The molecule has 0 aliphatic carbocycles. The van der Waals surface area contributed by atoms with E-state index in [2.05, 4.69) is 49.5 Å². The van der Waals surface area contributed by atoms with Crippen LogP contribution in [0.15, 0.2) is 33.2 Å². The first kappa shape index (κ1) is 15.6. The third-order valence-corrected chi connectivity index (χ3v) is 18.0. The number of rotatable bonds is 4. The molecule has 1 aromatic rings. The van der Waals surface area contributed by atoms with Crippen LogP contribution in [0.5, 0.6) is 0 Å². The molecule has 3 aliphatic rings. The Kier molecular flexibility index (Phi) is 3.96. The molecule has 1 N–H and O–H groups in total. The fourth-order valence-electron chi connectivity index (χ4n) is 4.11. The maximum absolute atomic E-state index is 12.2. The summed E-state index contributed by atoms with van der Waals surface area (Å²) in [6.07, 6.45) is 6.90. The van der Waals surface area contributed by atoms with Gasteiger partial charge in [0.05, 0.1) is 0 Å². The first-order chi connectivity index (χ1) is 11.1. The normalized spacial score (nSPS) is 24.1. The van der Waals surface area contributed by atoms with Crippen LogP contribution in [0.4, 0.5) is 4.79 Å². The van der Waals surface area contributed by atoms with E-state index in [-0.39, 0.29) is 16.4 Å². The van der Waals surface area contributed by atoms with Crippen molar-refractivity contribution in [1.29, 1.82) is 0 Å². The molecular formula is C18H18InNO2S. The van der Waals surface area contributed by atoms with Crippen molar-refractivity contribution in [3.8, 4) is 0 Å². The summed E-state index contributed by atoms with van der Waals surface area (Å²) in [7, 11) is 0. The first-order valence-corrected chi connectivity index (χ1v) is 14.1. The first-order valence-electron chi connectivity index (χ1n) is 8.04. The standard InChI is InChI=1S/C18H18NO2S.In/c1-13(2)8-4-3-5-9-14-10-6-7-11-15(14)12-16-17(20)19-18(21)22-16;/h6-9,11-12,16H,3-4H2,1-2H3,(H,19,20,21);. The molecule has 5 heteroatoms. The molecule has 0 saturated carbocycles. The van der Waals surface area contributed by atoms with E-state index in [0.717, 1.165) is 12.8 Å². The zero-order chi connectivity index (χ0) is 16.1. The Morgan fingerprint density at radius 1 is 1.35 bits per heavy atom. The van der Waals surface area contributed by atoms with Crippen molar-refractivity contribution in [2.75, 3.05) is 0 Å². The predicted octanol–water partition coefficient (Wildman–Crippen LogP) is 3.06. The summed E-state index contributed by atoms with van der Waals surface area (Å²) < 4.78 is 3.49. The molecule has 116 valence electrons. The van der Waals surface area contributed by atoms with Crippen molar-refractivity contribution in [2.45, 2.75) is 35.6 Å². The molecule has 4 rings (SSSR count). The van der Waals surface area contributed by atoms with E-state index in [1.807, 2.05) is 0 Å². The van der Waals surface area contributed by atoms with E-state index >= 15 is 0 Å². The van der Waals surface area contributed by atoms with E-state index in [1.54, 1.807) is 6.65 Å². The van der Waals surface area contributed by atoms with Crippen molar-refractivity contribution in [2.24, 2.45) is 0 Å². The van der Waals surface area contributed by atoms with Crippen LogP contribution in [0.25, 0.3) is 6.08 Å². The van der Waals surface area contributed by atoms with Gasteiger partial charge in [0.2, 0.25) is 0 Å². The van der Waals surface area contributed by atoms with Crippen molar-refractivity contribution < 1.29 is 9.59 Å². The van der Waals surface area contributed by atoms with Crippen LogP contribution in [0.2, 0.25) is 0 Å². The number of imide groups is 1. The maximum atomic E-state index is 12.2. The number of allylic oxidation sites excluding steroid dienone is 3. The van der Waals surface area contributed by atoms with Crippen LogP contribution in [-0.2, 0) is 4.79 Å². The second kappa shape index (κ2) is 5.85. The molecule has 1 saturated heterocycles. The number of hydrogen-bond acceptors (Lipinski definition) is 3. The molecule has 3 aliphatic heterocycles. The molecule has 23 heavy (non-hydrogen) atoms. The number of benzene rings is 1. The predicted molar refractivity (Wildman–Crippen MR) is 96.1 cm³/mol. The third-order valence-electron chi connectivity index (χ3n) is 4.99. The van der Waals surface area contributed by atoms with Crippen LogP contribution >= 0.6 is 11.8 Å². The molecule has 2 atom stereocenters.